The fourth-order valence-corrected chi connectivity index (χ4v) is 2.48. The summed E-state index contributed by atoms with van der Waals surface area (Å²) in [6, 6.07) is 10.5. The highest BCUT2D eigenvalue weighted by Gasteiger charge is 1.93. The van der Waals surface area contributed by atoms with Crippen molar-refractivity contribution in [1.82, 2.24) is 0 Å². The van der Waals surface area contributed by atoms with Crippen LogP contribution in [0.25, 0.3) is 6.08 Å². The van der Waals surface area contributed by atoms with Crippen LogP contribution in [0.3, 0.4) is 0 Å². The van der Waals surface area contributed by atoms with Gasteiger partial charge in [-0.05, 0) is 29.1 Å². The van der Waals surface area contributed by atoms with E-state index in [0.717, 1.165) is 5.75 Å². The van der Waals surface area contributed by atoms with E-state index in [9.17, 15) is 0 Å². The molecule has 1 rings (SSSR count). The zero-order chi connectivity index (χ0) is 9.52. The molecule has 0 aliphatic heterocycles. The first-order chi connectivity index (χ1) is 6.36. The molecule has 0 heterocycles. The summed E-state index contributed by atoms with van der Waals surface area (Å²) in [5, 5.41) is 0. The van der Waals surface area contributed by atoms with Crippen LogP contribution in [0.2, 0.25) is 0 Å². The van der Waals surface area contributed by atoms with Crippen LogP contribution >= 0.6 is 23.5 Å². The maximum absolute atomic E-state index is 2.25. The van der Waals surface area contributed by atoms with Gasteiger partial charge in [0.25, 0.3) is 0 Å². The Bertz CT molecular complexity index is 265. The summed E-state index contributed by atoms with van der Waals surface area (Å²) in [5.74, 6) is 1.11. The largest absolute Gasteiger partial charge is 0.160 e. The Labute approximate surface area is 88.8 Å². The Kier molecular flexibility index (Phi) is 5.09. The average Bonchev–Trinajstić information content (AvgIpc) is 2.19. The number of benzene rings is 1. The molecule has 0 aliphatic rings. The van der Waals surface area contributed by atoms with E-state index in [2.05, 4.69) is 42.9 Å². The van der Waals surface area contributed by atoms with E-state index >= 15 is 0 Å². The van der Waals surface area contributed by atoms with Crippen LogP contribution in [0.5, 0.6) is 0 Å². The number of thioether (sulfide) groups is 2. The molecule has 0 N–H and O–H groups in total. The molecule has 0 saturated heterocycles. The van der Waals surface area contributed by atoms with Gasteiger partial charge in [-0.25, -0.2) is 0 Å². The van der Waals surface area contributed by atoms with Crippen molar-refractivity contribution in [3.05, 3.63) is 40.8 Å². The minimum atomic E-state index is 1.11. The molecule has 0 aromatic heterocycles. The maximum Gasteiger partial charge on any atom is 0.0241 e. The lowest BCUT2D eigenvalue weighted by Crippen LogP contribution is -1.80. The maximum atomic E-state index is 2.25. The third-order valence-corrected chi connectivity index (χ3v) is 3.24. The molecule has 70 valence electrons. The first-order valence-electron chi connectivity index (χ1n) is 4.15. The quantitative estimate of drug-likeness (QED) is 0.742. The van der Waals surface area contributed by atoms with Crippen molar-refractivity contribution in [1.29, 1.82) is 0 Å². The zero-order valence-corrected chi connectivity index (χ0v) is 9.62. The van der Waals surface area contributed by atoms with Crippen LogP contribution in [0.15, 0.2) is 35.2 Å². The van der Waals surface area contributed by atoms with Gasteiger partial charge >= 0.3 is 0 Å². The minimum absolute atomic E-state index is 1.11. The summed E-state index contributed by atoms with van der Waals surface area (Å²) in [6.07, 6.45) is 6.52. The van der Waals surface area contributed by atoms with E-state index in [1.165, 1.54) is 10.5 Å². The second kappa shape index (κ2) is 6.17. The van der Waals surface area contributed by atoms with Gasteiger partial charge in [-0.3, -0.25) is 0 Å². The van der Waals surface area contributed by atoms with Gasteiger partial charge in [0.2, 0.25) is 0 Å². The summed E-state index contributed by atoms with van der Waals surface area (Å²) in [4.78, 5) is 1.43. The predicted molar refractivity (Wildman–Crippen MR) is 66.3 cm³/mol. The monoisotopic (exact) mass is 210 g/mol. The van der Waals surface area contributed by atoms with Crippen LogP contribution in [0, 0.1) is 0 Å². The van der Waals surface area contributed by atoms with Crippen LogP contribution in [-0.4, -0.2) is 18.3 Å². The normalized spacial score (nSPS) is 11.7. The molecule has 0 bridgehead atoms. The summed E-state index contributed by atoms with van der Waals surface area (Å²) < 4.78 is 0. The Morgan fingerprint density at radius 3 is 2.46 bits per heavy atom. The summed E-state index contributed by atoms with van der Waals surface area (Å²) in [6.45, 7) is 0. The third-order valence-electron chi connectivity index (χ3n) is 1.68. The van der Waals surface area contributed by atoms with Crippen LogP contribution in [0.4, 0.5) is 0 Å². The first kappa shape index (κ1) is 10.7. The van der Waals surface area contributed by atoms with Crippen LogP contribution in [-0.2, 0) is 0 Å². The molecule has 0 nitrogen and oxygen atoms in total. The van der Waals surface area contributed by atoms with Crippen LogP contribution < -0.4 is 0 Å². The fourth-order valence-electron chi connectivity index (χ4n) is 1.04. The number of hydrogen-bond donors (Lipinski definition) is 0. The second-order valence-corrected chi connectivity index (χ2v) is 4.46. The van der Waals surface area contributed by atoms with Crippen molar-refractivity contribution in [3.8, 4) is 0 Å². The molecule has 0 aliphatic carbocycles. The molecule has 0 saturated carbocycles. The molecule has 13 heavy (non-hydrogen) atoms. The van der Waals surface area contributed by atoms with Gasteiger partial charge in [-0.1, -0.05) is 30.3 Å². The lowest BCUT2D eigenvalue weighted by atomic mass is 10.2. The average molecular weight is 210 g/mol. The molecule has 0 radical (unpaired) electrons. The minimum Gasteiger partial charge on any atom is -0.160 e. The standard InChI is InChI=1S/C11H14S2/c1-12-9-11(13-2)8-10-6-4-3-5-7-10/h3-8H,9H2,1-2H3/b11-8-. The van der Waals surface area contributed by atoms with Crippen LogP contribution in [0.1, 0.15) is 5.56 Å². The molecule has 0 fully saturated rings. The van der Waals surface area contributed by atoms with E-state index in [4.69, 9.17) is 0 Å². The fraction of sp³-hybridized carbons (Fsp3) is 0.273. The van der Waals surface area contributed by atoms with E-state index in [1.54, 1.807) is 0 Å². The SMILES string of the molecule is CSC/C(=C/c1ccccc1)SC. The van der Waals surface area contributed by atoms with Crippen molar-refractivity contribution < 1.29 is 0 Å². The molecule has 0 amide bonds. The Morgan fingerprint density at radius 1 is 1.23 bits per heavy atom. The van der Waals surface area contributed by atoms with Gasteiger partial charge < -0.3 is 0 Å². The van der Waals surface area contributed by atoms with Crippen molar-refractivity contribution in [2.45, 2.75) is 0 Å². The Balaban J connectivity index is 2.73. The lowest BCUT2D eigenvalue weighted by Gasteiger charge is -2.01. The number of rotatable bonds is 4. The highest BCUT2D eigenvalue weighted by molar-refractivity contribution is 8.05. The van der Waals surface area contributed by atoms with Crippen molar-refractivity contribution in [2.75, 3.05) is 18.3 Å². The highest BCUT2D eigenvalue weighted by atomic mass is 32.2. The van der Waals surface area contributed by atoms with E-state index in [-0.39, 0.29) is 0 Å². The van der Waals surface area contributed by atoms with Gasteiger partial charge in [0, 0.05) is 5.75 Å². The summed E-state index contributed by atoms with van der Waals surface area (Å²) in [5.41, 5.74) is 1.29. The predicted octanol–water partition coefficient (Wildman–Crippen LogP) is 3.75. The molecule has 0 spiro atoms. The van der Waals surface area contributed by atoms with Gasteiger partial charge in [0.05, 0.1) is 0 Å². The van der Waals surface area contributed by atoms with E-state index in [1.807, 2.05) is 29.6 Å². The molecule has 2 heteroatoms. The second-order valence-electron chi connectivity index (χ2n) is 2.66. The molecule has 1 aromatic carbocycles. The molecule has 0 atom stereocenters. The topological polar surface area (TPSA) is 0 Å². The first-order valence-corrected chi connectivity index (χ1v) is 6.77. The third kappa shape index (κ3) is 3.92. The zero-order valence-electron chi connectivity index (χ0n) is 7.99. The van der Waals surface area contributed by atoms with Gasteiger partial charge in [-0.15, -0.1) is 11.8 Å². The van der Waals surface area contributed by atoms with Crippen molar-refractivity contribution >= 4 is 29.6 Å². The molecular weight excluding hydrogens is 196 g/mol. The van der Waals surface area contributed by atoms with E-state index in [0.29, 0.717) is 0 Å². The summed E-state index contributed by atoms with van der Waals surface area (Å²) in [7, 11) is 0. The molecule has 1 aromatic rings. The summed E-state index contributed by atoms with van der Waals surface area (Å²) >= 11 is 3.69. The van der Waals surface area contributed by atoms with Gasteiger partial charge in [-0.2, -0.15) is 11.8 Å². The van der Waals surface area contributed by atoms with Gasteiger partial charge in [0.15, 0.2) is 0 Å². The highest BCUT2D eigenvalue weighted by Crippen LogP contribution is 2.19. The Morgan fingerprint density at radius 2 is 1.92 bits per heavy atom. The van der Waals surface area contributed by atoms with Crippen molar-refractivity contribution in [3.63, 3.8) is 0 Å². The Hall–Kier alpha value is -0.340. The van der Waals surface area contributed by atoms with Gasteiger partial charge in [0.1, 0.15) is 0 Å². The smallest absolute Gasteiger partial charge is 0.0241 e. The molecular formula is C11H14S2. The lowest BCUT2D eigenvalue weighted by molar-refractivity contribution is 1.64. The van der Waals surface area contributed by atoms with E-state index < -0.39 is 0 Å². The molecule has 0 unspecified atom stereocenters. The van der Waals surface area contributed by atoms with Crippen molar-refractivity contribution in [2.24, 2.45) is 0 Å². The number of hydrogen-bond acceptors (Lipinski definition) is 2.